The Morgan fingerprint density at radius 1 is 0.917 bits per heavy atom. The molecule has 3 aromatic carbocycles. The first-order valence-corrected chi connectivity index (χ1v) is 11.6. The van der Waals surface area contributed by atoms with Gasteiger partial charge in [-0.05, 0) is 53.1 Å². The third-order valence-corrected chi connectivity index (χ3v) is 7.22. The minimum atomic E-state index is -0.522. The molecule has 9 heteroatoms. The summed E-state index contributed by atoms with van der Waals surface area (Å²) in [7, 11) is 2.93. The van der Waals surface area contributed by atoms with Gasteiger partial charge in [0.05, 0.1) is 32.8 Å². The van der Waals surface area contributed by atoms with Gasteiger partial charge in [0.15, 0.2) is 23.0 Å². The Bertz CT molecular complexity index is 1330. The van der Waals surface area contributed by atoms with Crippen LogP contribution in [0.5, 0.6) is 34.5 Å². The number of phenols is 2. The van der Waals surface area contributed by atoms with Gasteiger partial charge in [-0.15, -0.1) is 0 Å². The highest BCUT2D eigenvalue weighted by molar-refractivity contribution is 5.79. The summed E-state index contributed by atoms with van der Waals surface area (Å²) in [6, 6.07) is 13.9. The zero-order valence-electron chi connectivity index (χ0n) is 19.7. The topological polar surface area (TPSA) is 116 Å². The number of aromatic hydroxyl groups is 2. The first-order chi connectivity index (χ1) is 17.5. The number of rotatable bonds is 5. The van der Waals surface area contributed by atoms with Crippen LogP contribution in [0.4, 0.5) is 5.69 Å². The van der Waals surface area contributed by atoms with Crippen molar-refractivity contribution in [2.24, 2.45) is 11.8 Å². The molecular formula is C27H25NO8. The van der Waals surface area contributed by atoms with E-state index in [1.807, 2.05) is 18.2 Å². The summed E-state index contributed by atoms with van der Waals surface area (Å²) in [4.78, 5) is 13.2. The van der Waals surface area contributed by atoms with Crippen molar-refractivity contribution in [1.82, 2.24) is 0 Å². The Labute approximate surface area is 207 Å². The molecule has 0 amide bonds. The summed E-state index contributed by atoms with van der Waals surface area (Å²) >= 11 is 0. The van der Waals surface area contributed by atoms with Crippen LogP contribution in [0.15, 0.2) is 48.5 Å². The zero-order valence-corrected chi connectivity index (χ0v) is 19.7. The lowest BCUT2D eigenvalue weighted by Crippen LogP contribution is -2.37. The number of fused-ring (bicyclic) bond motifs is 3. The Balaban J connectivity index is 1.55. The summed E-state index contributed by atoms with van der Waals surface area (Å²) in [5.41, 5.74) is 3.25. The maximum atomic E-state index is 13.2. The third-order valence-electron chi connectivity index (χ3n) is 7.22. The molecule has 4 atom stereocenters. The number of phenolic OH excluding ortho intramolecular Hbond substituents is 2. The standard InChI is InChI=1S/C27H25NO8/c1-32-21-6-13(7-22(33-2)26(21)30)23-16-9-19-20(36-12-35-19)10-17(16)25(18-11-34-27(31)24(18)23)28-14-4-3-5-15(29)8-14/h3-10,18,23-25,28-30H,11-12H2,1-2H3/t18-,23-,24-,25+/m0/s1. The number of hydrogen-bond donors (Lipinski definition) is 3. The van der Waals surface area contributed by atoms with Crippen LogP contribution in [0.2, 0.25) is 0 Å². The predicted molar refractivity (Wildman–Crippen MR) is 128 cm³/mol. The van der Waals surface area contributed by atoms with E-state index >= 15 is 0 Å². The third kappa shape index (κ3) is 3.42. The van der Waals surface area contributed by atoms with E-state index < -0.39 is 11.8 Å². The fourth-order valence-corrected chi connectivity index (χ4v) is 5.62. The zero-order chi connectivity index (χ0) is 25.0. The largest absolute Gasteiger partial charge is 0.508 e. The minimum absolute atomic E-state index is 0.112. The van der Waals surface area contributed by atoms with Crippen molar-refractivity contribution in [2.75, 3.05) is 32.9 Å². The predicted octanol–water partition coefficient (Wildman–Crippen LogP) is 3.93. The molecule has 9 nitrogen and oxygen atoms in total. The smallest absolute Gasteiger partial charge is 0.310 e. The molecule has 6 rings (SSSR count). The molecule has 0 radical (unpaired) electrons. The number of cyclic esters (lactones) is 1. The van der Waals surface area contributed by atoms with Gasteiger partial charge in [0, 0.05) is 23.6 Å². The molecule has 1 aliphatic carbocycles. The molecule has 0 spiro atoms. The van der Waals surface area contributed by atoms with E-state index in [1.165, 1.54) is 14.2 Å². The van der Waals surface area contributed by atoms with Gasteiger partial charge in [-0.25, -0.2) is 0 Å². The molecule has 3 aromatic rings. The molecule has 3 aliphatic rings. The van der Waals surface area contributed by atoms with E-state index in [1.54, 1.807) is 30.3 Å². The highest BCUT2D eigenvalue weighted by Gasteiger charge is 2.52. The van der Waals surface area contributed by atoms with Gasteiger partial charge in [-0.3, -0.25) is 4.79 Å². The van der Waals surface area contributed by atoms with Gasteiger partial charge in [-0.2, -0.15) is 0 Å². The molecule has 1 fully saturated rings. The molecule has 0 unspecified atom stereocenters. The summed E-state index contributed by atoms with van der Waals surface area (Å²) in [6.07, 6.45) is 0. The highest BCUT2D eigenvalue weighted by Crippen LogP contribution is 2.56. The van der Waals surface area contributed by atoms with Crippen molar-refractivity contribution >= 4 is 11.7 Å². The minimum Gasteiger partial charge on any atom is -0.508 e. The fraction of sp³-hybridized carbons (Fsp3) is 0.296. The number of benzene rings is 3. The van der Waals surface area contributed by atoms with Gasteiger partial charge >= 0.3 is 5.97 Å². The summed E-state index contributed by atoms with van der Waals surface area (Å²) in [5.74, 6) is 0.274. The number of carbonyl (C=O) groups excluding carboxylic acids is 1. The molecule has 186 valence electrons. The van der Waals surface area contributed by atoms with Crippen molar-refractivity contribution in [3.05, 3.63) is 65.2 Å². The Morgan fingerprint density at radius 3 is 2.28 bits per heavy atom. The molecule has 0 saturated carbocycles. The van der Waals surface area contributed by atoms with Gasteiger partial charge in [0.25, 0.3) is 0 Å². The van der Waals surface area contributed by atoms with Crippen LogP contribution >= 0.6 is 0 Å². The van der Waals surface area contributed by atoms with E-state index in [0.29, 0.717) is 17.2 Å². The van der Waals surface area contributed by atoms with Gasteiger partial charge in [-0.1, -0.05) is 6.07 Å². The SMILES string of the molecule is COc1cc([C@H]2c3cc4c(cc3[C@@H](Nc3cccc(O)c3)[C@H]3COC(=O)[C@H]23)OCO4)cc(OC)c1O. The lowest BCUT2D eigenvalue weighted by molar-refractivity contribution is -0.141. The quantitative estimate of drug-likeness (QED) is 0.457. The van der Waals surface area contributed by atoms with E-state index in [9.17, 15) is 15.0 Å². The normalized spacial score (nSPS) is 23.4. The Kier molecular flexibility index (Phi) is 5.21. The van der Waals surface area contributed by atoms with Crippen molar-refractivity contribution in [1.29, 1.82) is 0 Å². The lowest BCUT2D eigenvalue weighted by atomic mass is 9.65. The molecule has 3 N–H and O–H groups in total. The molecule has 36 heavy (non-hydrogen) atoms. The summed E-state index contributed by atoms with van der Waals surface area (Å²) in [5, 5.41) is 24.0. The molecule has 0 aromatic heterocycles. The first kappa shape index (κ1) is 22.2. The van der Waals surface area contributed by atoms with E-state index in [-0.39, 0.29) is 54.3 Å². The molecule has 2 heterocycles. The molecule has 2 aliphatic heterocycles. The van der Waals surface area contributed by atoms with E-state index in [2.05, 4.69) is 5.32 Å². The Morgan fingerprint density at radius 2 is 1.61 bits per heavy atom. The summed E-state index contributed by atoms with van der Waals surface area (Å²) in [6.45, 7) is 0.347. The second kappa shape index (κ2) is 8.44. The number of ether oxygens (including phenoxy) is 5. The maximum absolute atomic E-state index is 13.2. The van der Waals surface area contributed by atoms with Crippen molar-refractivity contribution in [3.8, 4) is 34.5 Å². The van der Waals surface area contributed by atoms with Crippen LogP contribution in [-0.4, -0.2) is 43.8 Å². The molecule has 0 bridgehead atoms. The first-order valence-electron chi connectivity index (χ1n) is 11.6. The summed E-state index contributed by atoms with van der Waals surface area (Å²) < 4.78 is 27.8. The number of methoxy groups -OCH3 is 2. The van der Waals surface area contributed by atoms with E-state index in [0.717, 1.165) is 16.7 Å². The number of anilines is 1. The van der Waals surface area contributed by atoms with E-state index in [4.69, 9.17) is 23.7 Å². The number of hydrogen-bond acceptors (Lipinski definition) is 9. The second-order valence-electron chi connectivity index (χ2n) is 9.08. The fourth-order valence-electron chi connectivity index (χ4n) is 5.62. The van der Waals surface area contributed by atoms with Gasteiger partial charge in [0.2, 0.25) is 12.5 Å². The number of esters is 1. The van der Waals surface area contributed by atoms with Crippen molar-refractivity contribution in [2.45, 2.75) is 12.0 Å². The second-order valence-corrected chi connectivity index (χ2v) is 9.08. The van der Waals surface area contributed by atoms with Gasteiger partial charge < -0.3 is 39.2 Å². The lowest BCUT2D eigenvalue weighted by Gasteiger charge is -2.40. The van der Waals surface area contributed by atoms with Gasteiger partial charge in [0.1, 0.15) is 5.75 Å². The average Bonchev–Trinajstić information content (AvgIpc) is 3.49. The van der Waals surface area contributed by atoms with Crippen LogP contribution in [0.25, 0.3) is 0 Å². The number of carbonyl (C=O) groups is 1. The van der Waals surface area contributed by atoms with Crippen molar-refractivity contribution < 1.29 is 38.7 Å². The van der Waals surface area contributed by atoms with Crippen LogP contribution in [0.1, 0.15) is 28.7 Å². The highest BCUT2D eigenvalue weighted by atomic mass is 16.7. The van der Waals surface area contributed by atoms with Crippen LogP contribution in [0, 0.1) is 11.8 Å². The number of nitrogens with one attached hydrogen (secondary N) is 1. The van der Waals surface area contributed by atoms with Crippen LogP contribution in [0.3, 0.4) is 0 Å². The molecule has 1 saturated heterocycles. The van der Waals surface area contributed by atoms with Crippen LogP contribution < -0.4 is 24.3 Å². The van der Waals surface area contributed by atoms with Crippen LogP contribution in [-0.2, 0) is 9.53 Å². The monoisotopic (exact) mass is 491 g/mol. The molecular weight excluding hydrogens is 466 g/mol. The Hall–Kier alpha value is -4.27. The average molecular weight is 491 g/mol. The maximum Gasteiger partial charge on any atom is 0.310 e. The van der Waals surface area contributed by atoms with Crippen molar-refractivity contribution in [3.63, 3.8) is 0 Å².